The van der Waals surface area contributed by atoms with E-state index in [1.165, 1.54) is 22.3 Å². The molecule has 0 aliphatic carbocycles. The molecule has 4 aromatic rings. The van der Waals surface area contributed by atoms with E-state index in [-0.39, 0.29) is 0 Å². The van der Waals surface area contributed by atoms with Crippen molar-refractivity contribution >= 4 is 5.69 Å². The van der Waals surface area contributed by atoms with Crippen LogP contribution in [0, 0.1) is 0 Å². The van der Waals surface area contributed by atoms with Crippen LogP contribution >= 0.6 is 0 Å². The number of aromatic amines is 1. The molecule has 0 radical (unpaired) electrons. The molecule has 0 amide bonds. The van der Waals surface area contributed by atoms with Crippen molar-refractivity contribution in [2.24, 2.45) is 0 Å². The molecule has 0 fully saturated rings. The van der Waals surface area contributed by atoms with Crippen LogP contribution in [0.25, 0.3) is 22.3 Å². The highest BCUT2D eigenvalue weighted by molar-refractivity contribution is 5.73. The van der Waals surface area contributed by atoms with Gasteiger partial charge in [0.25, 0.3) is 0 Å². The second-order valence-electron chi connectivity index (χ2n) is 5.33. The minimum absolute atomic E-state index is 0.794. The van der Waals surface area contributed by atoms with Gasteiger partial charge in [-0.05, 0) is 40.5 Å². The highest BCUT2D eigenvalue weighted by Gasteiger charge is 2.01. The predicted octanol–water partition coefficient (Wildman–Crippen LogP) is 5.01. The van der Waals surface area contributed by atoms with E-state index in [1.54, 1.807) is 18.7 Å². The molecular formula is C21H19N3. The fraction of sp³-hybridized carbons (Fsp3) is 0. The van der Waals surface area contributed by atoms with Crippen molar-refractivity contribution in [1.29, 1.82) is 0 Å². The molecule has 1 heterocycles. The van der Waals surface area contributed by atoms with Gasteiger partial charge in [-0.15, -0.1) is 0 Å². The first-order valence-electron chi connectivity index (χ1n) is 7.77. The maximum Gasteiger partial charge on any atom is 0.0919 e. The number of hydrogen-bond acceptors (Lipinski definition) is 2. The molecule has 3 aromatic carbocycles. The fourth-order valence-electron chi connectivity index (χ4n) is 2.40. The Morgan fingerprint density at radius 2 is 1.29 bits per heavy atom. The van der Waals surface area contributed by atoms with Crippen molar-refractivity contribution in [2.45, 2.75) is 0 Å². The van der Waals surface area contributed by atoms with Gasteiger partial charge >= 0.3 is 0 Å². The van der Waals surface area contributed by atoms with Crippen molar-refractivity contribution in [3.05, 3.63) is 97.6 Å². The van der Waals surface area contributed by atoms with Gasteiger partial charge in [0.1, 0.15) is 0 Å². The number of nitrogens with zero attached hydrogens (tertiary/aromatic N) is 1. The molecule has 0 spiro atoms. The lowest BCUT2D eigenvalue weighted by Crippen LogP contribution is -1.84. The van der Waals surface area contributed by atoms with E-state index in [9.17, 15) is 0 Å². The molecule has 24 heavy (non-hydrogen) atoms. The van der Waals surface area contributed by atoms with Crippen LogP contribution in [0.2, 0.25) is 0 Å². The smallest absolute Gasteiger partial charge is 0.0919 e. The summed E-state index contributed by atoms with van der Waals surface area (Å²) in [6.07, 6.45) is 5.08. The Labute approximate surface area is 141 Å². The van der Waals surface area contributed by atoms with Gasteiger partial charge in [-0.2, -0.15) is 0 Å². The van der Waals surface area contributed by atoms with E-state index >= 15 is 0 Å². The topological polar surface area (TPSA) is 54.7 Å². The Bertz CT molecular complexity index is 834. The maximum absolute atomic E-state index is 5.73. The summed E-state index contributed by atoms with van der Waals surface area (Å²) < 4.78 is 0. The second kappa shape index (κ2) is 7.79. The quantitative estimate of drug-likeness (QED) is 0.511. The molecule has 3 N–H and O–H groups in total. The highest BCUT2D eigenvalue weighted by Crippen LogP contribution is 2.26. The standard InChI is InChI=1S/C18H15N.C3H4N2/c19-18-11-9-15(10-12-18)17-8-4-7-16(13-17)14-5-2-1-3-6-14;1-2-5-3-4-1/h1-13H,19H2;1-3H,(H,4,5). The molecule has 0 atom stereocenters. The molecule has 1 aromatic heterocycles. The summed E-state index contributed by atoms with van der Waals surface area (Å²) in [7, 11) is 0. The van der Waals surface area contributed by atoms with Gasteiger partial charge < -0.3 is 10.7 Å². The van der Waals surface area contributed by atoms with Crippen LogP contribution in [-0.4, -0.2) is 9.97 Å². The minimum atomic E-state index is 0.794. The number of nitrogens with two attached hydrogens (primary N) is 1. The van der Waals surface area contributed by atoms with Gasteiger partial charge in [0.15, 0.2) is 0 Å². The number of aromatic nitrogens is 2. The van der Waals surface area contributed by atoms with Crippen molar-refractivity contribution < 1.29 is 0 Å². The highest BCUT2D eigenvalue weighted by atomic mass is 14.8. The molecule has 0 saturated heterocycles. The van der Waals surface area contributed by atoms with Crippen LogP contribution in [-0.2, 0) is 0 Å². The molecular weight excluding hydrogens is 294 g/mol. The second-order valence-corrected chi connectivity index (χ2v) is 5.33. The van der Waals surface area contributed by atoms with Crippen LogP contribution < -0.4 is 5.73 Å². The molecule has 3 heteroatoms. The molecule has 0 bridgehead atoms. The van der Waals surface area contributed by atoms with E-state index < -0.39 is 0 Å². The fourth-order valence-corrected chi connectivity index (χ4v) is 2.40. The van der Waals surface area contributed by atoms with Gasteiger partial charge in [-0.1, -0.05) is 60.7 Å². The zero-order valence-corrected chi connectivity index (χ0v) is 13.3. The van der Waals surface area contributed by atoms with Crippen LogP contribution in [0.1, 0.15) is 0 Å². The summed E-state index contributed by atoms with van der Waals surface area (Å²) in [6, 6.07) is 26.9. The van der Waals surface area contributed by atoms with E-state index in [0.717, 1.165) is 5.69 Å². The molecule has 0 saturated carbocycles. The number of hydrogen-bond donors (Lipinski definition) is 2. The molecule has 118 valence electrons. The van der Waals surface area contributed by atoms with E-state index in [1.807, 2.05) is 18.2 Å². The third kappa shape index (κ3) is 4.11. The number of anilines is 1. The summed E-state index contributed by atoms with van der Waals surface area (Å²) in [5.74, 6) is 0. The molecule has 0 aliphatic rings. The molecule has 3 nitrogen and oxygen atoms in total. The zero-order chi connectivity index (χ0) is 16.6. The van der Waals surface area contributed by atoms with E-state index in [2.05, 4.69) is 70.6 Å². The number of H-pyrrole nitrogens is 1. The largest absolute Gasteiger partial charge is 0.399 e. The van der Waals surface area contributed by atoms with Gasteiger partial charge in [-0.3, -0.25) is 0 Å². The number of benzene rings is 3. The first-order chi connectivity index (χ1) is 11.8. The Morgan fingerprint density at radius 3 is 1.83 bits per heavy atom. The SMILES string of the molecule is Nc1ccc(-c2cccc(-c3ccccc3)c2)cc1.c1c[nH]cn1. The Balaban J connectivity index is 0.000000290. The van der Waals surface area contributed by atoms with Crippen molar-refractivity contribution in [3.8, 4) is 22.3 Å². The van der Waals surface area contributed by atoms with Crippen LogP contribution in [0.4, 0.5) is 5.69 Å². The van der Waals surface area contributed by atoms with Crippen molar-refractivity contribution in [1.82, 2.24) is 9.97 Å². The van der Waals surface area contributed by atoms with Crippen LogP contribution in [0.15, 0.2) is 97.6 Å². The van der Waals surface area contributed by atoms with Crippen LogP contribution in [0.3, 0.4) is 0 Å². The van der Waals surface area contributed by atoms with Gasteiger partial charge in [0, 0.05) is 18.1 Å². The average molecular weight is 313 g/mol. The number of imidazole rings is 1. The number of nitrogens with one attached hydrogen (secondary N) is 1. The van der Waals surface area contributed by atoms with Crippen molar-refractivity contribution in [3.63, 3.8) is 0 Å². The average Bonchev–Trinajstić information content (AvgIpc) is 3.23. The van der Waals surface area contributed by atoms with Crippen molar-refractivity contribution in [2.75, 3.05) is 5.73 Å². The first kappa shape index (κ1) is 15.6. The molecule has 0 aliphatic heterocycles. The maximum atomic E-state index is 5.73. The van der Waals surface area contributed by atoms with Crippen LogP contribution in [0.5, 0.6) is 0 Å². The van der Waals surface area contributed by atoms with Gasteiger partial charge in [0.05, 0.1) is 6.33 Å². The lowest BCUT2D eigenvalue weighted by atomic mass is 9.99. The lowest BCUT2D eigenvalue weighted by molar-refractivity contribution is 1.31. The summed E-state index contributed by atoms with van der Waals surface area (Å²) in [6.45, 7) is 0. The Kier molecular flexibility index (Phi) is 5.05. The van der Waals surface area contributed by atoms with E-state index in [0.29, 0.717) is 0 Å². The first-order valence-corrected chi connectivity index (χ1v) is 7.77. The number of rotatable bonds is 2. The third-order valence-corrected chi connectivity index (χ3v) is 3.62. The monoisotopic (exact) mass is 313 g/mol. The lowest BCUT2D eigenvalue weighted by Gasteiger charge is -2.06. The summed E-state index contributed by atoms with van der Waals surface area (Å²) in [5, 5.41) is 0. The number of nitrogen functional groups attached to an aromatic ring is 1. The Morgan fingerprint density at radius 1 is 0.667 bits per heavy atom. The van der Waals surface area contributed by atoms with E-state index in [4.69, 9.17) is 5.73 Å². The molecule has 4 rings (SSSR count). The minimum Gasteiger partial charge on any atom is -0.399 e. The summed E-state index contributed by atoms with van der Waals surface area (Å²) in [4.78, 5) is 6.42. The van der Waals surface area contributed by atoms with Gasteiger partial charge in [0.2, 0.25) is 0 Å². The third-order valence-electron chi connectivity index (χ3n) is 3.62. The van der Waals surface area contributed by atoms with Gasteiger partial charge in [-0.25, -0.2) is 4.98 Å². The normalized spacial score (nSPS) is 9.83. The Hall–Kier alpha value is -3.33. The summed E-state index contributed by atoms with van der Waals surface area (Å²) in [5.41, 5.74) is 11.4. The zero-order valence-electron chi connectivity index (χ0n) is 13.3. The summed E-state index contributed by atoms with van der Waals surface area (Å²) >= 11 is 0. The molecule has 0 unspecified atom stereocenters. The predicted molar refractivity (Wildman–Crippen MR) is 100 cm³/mol.